The molecule has 0 aliphatic heterocycles. The summed E-state index contributed by atoms with van der Waals surface area (Å²) in [5.74, 6) is -1.18. The van der Waals surface area contributed by atoms with Crippen molar-refractivity contribution in [1.82, 2.24) is 29.8 Å². The largest absolute Gasteiger partial charge is 0.487 e. The van der Waals surface area contributed by atoms with Crippen LogP contribution in [0.2, 0.25) is 0 Å². The molecule has 0 spiro atoms. The molecule has 0 radical (unpaired) electrons. The first-order valence-corrected chi connectivity index (χ1v) is 12.6. The van der Waals surface area contributed by atoms with E-state index >= 15 is 0 Å². The summed E-state index contributed by atoms with van der Waals surface area (Å²) in [5.41, 5.74) is 7.29. The van der Waals surface area contributed by atoms with Gasteiger partial charge in [-0.25, -0.2) is 23.1 Å². The van der Waals surface area contributed by atoms with Gasteiger partial charge in [0.05, 0.1) is 42.2 Å². The highest BCUT2D eigenvalue weighted by atomic mass is 19.1. The number of nitriles is 2. The Kier molecular flexibility index (Phi) is 7.60. The molecule has 5 rings (SSSR count). The minimum atomic E-state index is -1.86. The van der Waals surface area contributed by atoms with Gasteiger partial charge >= 0.3 is 0 Å². The van der Waals surface area contributed by atoms with Gasteiger partial charge in [0.1, 0.15) is 54.0 Å². The van der Waals surface area contributed by atoms with Gasteiger partial charge in [-0.1, -0.05) is 23.4 Å². The molecule has 0 amide bonds. The molecule has 2 aromatic heterocycles. The zero-order valence-electron chi connectivity index (χ0n) is 22.2. The summed E-state index contributed by atoms with van der Waals surface area (Å²) in [6, 6.07) is 15.6. The quantitative estimate of drug-likeness (QED) is 0.253. The van der Waals surface area contributed by atoms with Crippen LogP contribution in [0.5, 0.6) is 5.75 Å². The molecule has 0 aliphatic rings. The predicted octanol–water partition coefficient (Wildman–Crippen LogP) is 3.62. The van der Waals surface area contributed by atoms with Crippen LogP contribution in [-0.4, -0.2) is 34.9 Å². The third-order valence-corrected chi connectivity index (χ3v) is 6.71. The van der Waals surface area contributed by atoms with Gasteiger partial charge in [-0.15, -0.1) is 5.10 Å². The molecule has 42 heavy (non-hydrogen) atoms. The maximum Gasteiger partial charge on any atom is 0.137 e. The van der Waals surface area contributed by atoms with Crippen LogP contribution in [0.4, 0.5) is 14.5 Å². The maximum atomic E-state index is 14.7. The maximum absolute atomic E-state index is 14.7. The molecule has 13 heteroatoms. The number of benzene rings is 3. The van der Waals surface area contributed by atoms with Crippen molar-refractivity contribution in [3.8, 4) is 29.0 Å². The van der Waals surface area contributed by atoms with Gasteiger partial charge in [-0.3, -0.25) is 0 Å². The molecule has 3 N–H and O–H groups in total. The second-order valence-electron chi connectivity index (χ2n) is 9.58. The van der Waals surface area contributed by atoms with Gasteiger partial charge in [-0.2, -0.15) is 15.6 Å². The molecule has 5 aromatic rings. The van der Waals surface area contributed by atoms with E-state index in [0.29, 0.717) is 45.3 Å². The number of nitrogens with zero attached hydrogens (tertiary/aromatic N) is 8. The van der Waals surface area contributed by atoms with E-state index in [2.05, 4.69) is 32.5 Å². The standard InChI is InChI=1S/C29H23F2N9O2/c1-18-20(10-32)8-27(34)24(11-33)28(18)19-2-5-23(6-3-19)42-13-22-12-39(38-37-22)14-29(41,15-40-17-35-16-36-40)25-7-4-21(30)9-26(25)31/h2-9,12,16-17,41H,13-15,34H2,1H3. The van der Waals surface area contributed by atoms with Crippen LogP contribution in [0.3, 0.4) is 0 Å². The van der Waals surface area contributed by atoms with Crippen molar-refractivity contribution in [3.63, 3.8) is 0 Å². The SMILES string of the molecule is Cc1c(C#N)cc(N)c(C#N)c1-c1ccc(OCc2cn(CC(O)(Cn3cncn3)c3ccc(F)cc3F)nn2)cc1. The minimum absolute atomic E-state index is 0.0328. The number of hydrogen-bond acceptors (Lipinski definition) is 9. The van der Waals surface area contributed by atoms with E-state index < -0.39 is 17.2 Å². The van der Waals surface area contributed by atoms with Crippen LogP contribution in [-0.2, 0) is 25.3 Å². The van der Waals surface area contributed by atoms with Crippen molar-refractivity contribution in [3.05, 3.63) is 107 Å². The highest BCUT2D eigenvalue weighted by Crippen LogP contribution is 2.34. The summed E-state index contributed by atoms with van der Waals surface area (Å²) in [4.78, 5) is 3.85. The predicted molar refractivity (Wildman–Crippen MR) is 145 cm³/mol. The highest BCUT2D eigenvalue weighted by molar-refractivity contribution is 5.82. The summed E-state index contributed by atoms with van der Waals surface area (Å²) in [7, 11) is 0. The molecule has 1 unspecified atom stereocenters. The Morgan fingerprint density at radius 3 is 2.48 bits per heavy atom. The summed E-state index contributed by atoms with van der Waals surface area (Å²) in [6.45, 7) is 1.40. The van der Waals surface area contributed by atoms with Crippen LogP contribution in [0.25, 0.3) is 11.1 Å². The Balaban J connectivity index is 1.32. The third-order valence-electron chi connectivity index (χ3n) is 6.71. The van der Waals surface area contributed by atoms with Gasteiger partial charge in [-0.05, 0) is 42.3 Å². The molecule has 210 valence electrons. The number of aliphatic hydroxyl groups is 1. The van der Waals surface area contributed by atoms with Crippen molar-refractivity contribution < 1.29 is 18.6 Å². The Hall–Kier alpha value is -5.66. The summed E-state index contributed by atoms with van der Waals surface area (Å²) in [5, 5.41) is 42.7. The second kappa shape index (κ2) is 11.4. The molecule has 3 aromatic carbocycles. The van der Waals surface area contributed by atoms with Gasteiger partial charge in [0.25, 0.3) is 0 Å². The third kappa shape index (κ3) is 5.63. The lowest BCUT2D eigenvalue weighted by molar-refractivity contribution is -0.00892. The Morgan fingerprint density at radius 1 is 1.05 bits per heavy atom. The van der Waals surface area contributed by atoms with Gasteiger partial charge in [0.2, 0.25) is 0 Å². The lowest BCUT2D eigenvalue weighted by Gasteiger charge is -2.28. The van der Waals surface area contributed by atoms with E-state index in [1.165, 1.54) is 34.2 Å². The molecule has 0 saturated heterocycles. The first-order chi connectivity index (χ1) is 20.2. The highest BCUT2D eigenvalue weighted by Gasteiger charge is 2.34. The van der Waals surface area contributed by atoms with E-state index in [-0.39, 0.29) is 30.9 Å². The van der Waals surface area contributed by atoms with E-state index in [1.54, 1.807) is 37.4 Å². The van der Waals surface area contributed by atoms with Crippen LogP contribution < -0.4 is 10.5 Å². The van der Waals surface area contributed by atoms with Crippen molar-refractivity contribution in [2.75, 3.05) is 5.73 Å². The molecule has 11 nitrogen and oxygen atoms in total. The average Bonchev–Trinajstić information content (AvgIpc) is 3.64. The molecule has 1 atom stereocenters. The van der Waals surface area contributed by atoms with Crippen molar-refractivity contribution in [1.29, 1.82) is 10.5 Å². The Bertz CT molecular complexity index is 1820. The topological polar surface area (TPSA) is 164 Å². The molecule has 2 heterocycles. The van der Waals surface area contributed by atoms with Crippen LogP contribution in [0.1, 0.15) is 27.9 Å². The summed E-state index contributed by atoms with van der Waals surface area (Å²) < 4.78 is 36.8. The van der Waals surface area contributed by atoms with Crippen molar-refractivity contribution >= 4 is 5.69 Å². The number of nitrogens with two attached hydrogens (primary N) is 1. The van der Waals surface area contributed by atoms with Crippen molar-refractivity contribution in [2.24, 2.45) is 0 Å². The van der Waals surface area contributed by atoms with Crippen LogP contribution >= 0.6 is 0 Å². The zero-order valence-corrected chi connectivity index (χ0v) is 22.2. The Labute approximate surface area is 238 Å². The Morgan fingerprint density at radius 2 is 1.81 bits per heavy atom. The monoisotopic (exact) mass is 567 g/mol. The fourth-order valence-electron chi connectivity index (χ4n) is 4.69. The fraction of sp³-hybridized carbons (Fsp3) is 0.172. The van der Waals surface area contributed by atoms with Crippen LogP contribution in [0, 0.1) is 41.2 Å². The number of aromatic nitrogens is 6. The number of hydrogen-bond donors (Lipinski definition) is 2. The van der Waals surface area contributed by atoms with E-state index in [4.69, 9.17) is 10.5 Å². The van der Waals surface area contributed by atoms with E-state index in [1.807, 2.05) is 0 Å². The van der Waals surface area contributed by atoms with Crippen molar-refractivity contribution in [2.45, 2.75) is 32.2 Å². The number of anilines is 1. The normalized spacial score (nSPS) is 12.3. The van der Waals surface area contributed by atoms with Crippen LogP contribution in [0.15, 0.2) is 67.4 Å². The average molecular weight is 568 g/mol. The lowest BCUT2D eigenvalue weighted by Crippen LogP contribution is -2.37. The molecule has 0 bridgehead atoms. The van der Waals surface area contributed by atoms with Gasteiger partial charge in [0.15, 0.2) is 0 Å². The molecular weight excluding hydrogens is 544 g/mol. The zero-order chi connectivity index (χ0) is 29.9. The second-order valence-corrected chi connectivity index (χ2v) is 9.58. The number of nitrogen functional groups attached to an aromatic ring is 1. The minimum Gasteiger partial charge on any atom is -0.487 e. The summed E-state index contributed by atoms with van der Waals surface area (Å²) >= 11 is 0. The first-order valence-electron chi connectivity index (χ1n) is 12.6. The molecule has 0 fully saturated rings. The van der Waals surface area contributed by atoms with Gasteiger partial charge in [0, 0.05) is 17.2 Å². The smallest absolute Gasteiger partial charge is 0.137 e. The van der Waals surface area contributed by atoms with Gasteiger partial charge < -0.3 is 15.6 Å². The molecular formula is C29H23F2N9O2. The summed E-state index contributed by atoms with van der Waals surface area (Å²) in [6.07, 6.45) is 4.19. The van der Waals surface area contributed by atoms with E-state index in [9.17, 15) is 24.4 Å². The molecule has 0 aliphatic carbocycles. The van der Waals surface area contributed by atoms with E-state index in [0.717, 1.165) is 6.07 Å². The number of rotatable bonds is 9. The number of halogens is 2. The lowest BCUT2D eigenvalue weighted by atomic mass is 9.91. The molecule has 0 saturated carbocycles. The number of ether oxygens (including phenoxy) is 1. The first kappa shape index (κ1) is 27.9. The fourth-order valence-corrected chi connectivity index (χ4v) is 4.69.